The molecule has 1 aliphatic carbocycles. The van der Waals surface area contributed by atoms with E-state index >= 15 is 0 Å². The molecular weight excluding hydrogens is 252 g/mol. The predicted molar refractivity (Wildman–Crippen MR) is 76.0 cm³/mol. The van der Waals surface area contributed by atoms with Crippen LogP contribution in [0.15, 0.2) is 30.5 Å². The average molecular weight is 270 g/mol. The molecule has 1 aliphatic rings. The van der Waals surface area contributed by atoms with E-state index in [9.17, 15) is 9.90 Å². The molecule has 2 aromatic rings. The molecule has 0 bridgehead atoms. The van der Waals surface area contributed by atoms with Crippen molar-refractivity contribution in [3.05, 3.63) is 53.1 Å². The van der Waals surface area contributed by atoms with Crippen LogP contribution in [0, 0.1) is 6.92 Å². The number of hydrogen-bond donors (Lipinski definition) is 1. The lowest BCUT2D eigenvalue weighted by atomic mass is 9.83. The van der Waals surface area contributed by atoms with Gasteiger partial charge in [-0.1, -0.05) is 24.3 Å². The summed E-state index contributed by atoms with van der Waals surface area (Å²) < 4.78 is 1.83. The van der Waals surface area contributed by atoms with Crippen molar-refractivity contribution >= 4 is 5.97 Å². The number of imidazole rings is 1. The summed E-state index contributed by atoms with van der Waals surface area (Å²) in [6.45, 7) is 2.56. The number of rotatable bonds is 3. The Hall–Kier alpha value is -2.10. The SMILES string of the molecule is Cc1ncc(C(=O)O)n1CC1CCCc2ccccc21. The van der Waals surface area contributed by atoms with E-state index in [-0.39, 0.29) is 5.69 Å². The Morgan fingerprint density at radius 2 is 2.25 bits per heavy atom. The van der Waals surface area contributed by atoms with Crippen LogP contribution in [0.3, 0.4) is 0 Å². The van der Waals surface area contributed by atoms with Gasteiger partial charge in [-0.05, 0) is 37.3 Å². The molecule has 1 heterocycles. The lowest BCUT2D eigenvalue weighted by Crippen LogP contribution is -2.19. The highest BCUT2D eigenvalue weighted by molar-refractivity contribution is 5.85. The van der Waals surface area contributed by atoms with Gasteiger partial charge >= 0.3 is 5.97 Å². The zero-order chi connectivity index (χ0) is 14.1. The van der Waals surface area contributed by atoms with Crippen molar-refractivity contribution in [1.29, 1.82) is 0 Å². The van der Waals surface area contributed by atoms with Crippen LogP contribution in [-0.2, 0) is 13.0 Å². The minimum Gasteiger partial charge on any atom is -0.477 e. The topological polar surface area (TPSA) is 55.1 Å². The van der Waals surface area contributed by atoms with Crippen LogP contribution < -0.4 is 0 Å². The molecule has 0 spiro atoms. The number of carbonyl (C=O) groups is 1. The summed E-state index contributed by atoms with van der Waals surface area (Å²) >= 11 is 0. The molecule has 1 unspecified atom stereocenters. The second-order valence-electron chi connectivity index (χ2n) is 5.39. The minimum atomic E-state index is -0.908. The van der Waals surface area contributed by atoms with Crippen molar-refractivity contribution in [3.63, 3.8) is 0 Å². The molecule has 1 atom stereocenters. The van der Waals surface area contributed by atoms with Gasteiger partial charge in [-0.15, -0.1) is 0 Å². The van der Waals surface area contributed by atoms with E-state index < -0.39 is 5.97 Å². The number of nitrogens with zero attached hydrogens (tertiary/aromatic N) is 2. The van der Waals surface area contributed by atoms with Gasteiger partial charge in [0, 0.05) is 12.5 Å². The van der Waals surface area contributed by atoms with Crippen molar-refractivity contribution in [2.45, 2.75) is 38.6 Å². The number of aromatic nitrogens is 2. The number of fused-ring (bicyclic) bond motifs is 1. The second kappa shape index (κ2) is 5.12. The number of hydrogen-bond acceptors (Lipinski definition) is 2. The molecule has 0 saturated carbocycles. The van der Waals surface area contributed by atoms with E-state index in [0.717, 1.165) is 25.1 Å². The molecule has 1 aromatic heterocycles. The van der Waals surface area contributed by atoms with Crippen molar-refractivity contribution in [2.24, 2.45) is 0 Å². The van der Waals surface area contributed by atoms with Gasteiger partial charge in [0.05, 0.1) is 6.20 Å². The van der Waals surface area contributed by atoms with Gasteiger partial charge in [0.1, 0.15) is 11.5 Å². The molecule has 0 saturated heterocycles. The summed E-state index contributed by atoms with van der Waals surface area (Å²) in [6, 6.07) is 8.49. The second-order valence-corrected chi connectivity index (χ2v) is 5.39. The van der Waals surface area contributed by atoms with Crippen LogP contribution in [0.1, 0.15) is 46.2 Å². The standard InChI is InChI=1S/C16H18N2O2/c1-11-17-9-15(16(19)20)18(11)10-13-7-4-6-12-5-2-3-8-14(12)13/h2-3,5,8-9,13H,4,6-7,10H2,1H3,(H,19,20). The van der Waals surface area contributed by atoms with Crippen LogP contribution >= 0.6 is 0 Å². The predicted octanol–water partition coefficient (Wildman–Crippen LogP) is 3.01. The molecular formula is C16H18N2O2. The fourth-order valence-electron chi connectivity index (χ4n) is 3.13. The fraction of sp³-hybridized carbons (Fsp3) is 0.375. The number of carboxylic acids is 1. The summed E-state index contributed by atoms with van der Waals surface area (Å²) in [5.41, 5.74) is 3.05. The maximum absolute atomic E-state index is 11.3. The Kier molecular flexibility index (Phi) is 3.30. The largest absolute Gasteiger partial charge is 0.477 e. The highest BCUT2D eigenvalue weighted by atomic mass is 16.4. The van der Waals surface area contributed by atoms with Crippen molar-refractivity contribution in [2.75, 3.05) is 0 Å². The number of aromatic carboxylic acids is 1. The molecule has 3 rings (SSSR count). The first-order valence-electron chi connectivity index (χ1n) is 7.00. The summed E-state index contributed by atoms with van der Waals surface area (Å²) in [7, 11) is 0. The highest BCUT2D eigenvalue weighted by Gasteiger charge is 2.23. The zero-order valence-corrected chi connectivity index (χ0v) is 11.5. The molecule has 104 valence electrons. The molecule has 4 nitrogen and oxygen atoms in total. The lowest BCUT2D eigenvalue weighted by Gasteiger charge is -2.26. The molecule has 0 amide bonds. The summed E-state index contributed by atoms with van der Waals surface area (Å²) in [5, 5.41) is 9.24. The first-order valence-corrected chi connectivity index (χ1v) is 7.00. The Balaban J connectivity index is 1.93. The van der Waals surface area contributed by atoms with E-state index in [0.29, 0.717) is 12.5 Å². The van der Waals surface area contributed by atoms with Gasteiger partial charge < -0.3 is 9.67 Å². The molecule has 4 heteroatoms. The smallest absolute Gasteiger partial charge is 0.354 e. The van der Waals surface area contributed by atoms with Crippen LogP contribution in [0.4, 0.5) is 0 Å². The highest BCUT2D eigenvalue weighted by Crippen LogP contribution is 2.33. The Morgan fingerprint density at radius 1 is 1.45 bits per heavy atom. The molecule has 0 aliphatic heterocycles. The zero-order valence-electron chi connectivity index (χ0n) is 11.5. The van der Waals surface area contributed by atoms with Crippen molar-refractivity contribution in [1.82, 2.24) is 9.55 Å². The Morgan fingerprint density at radius 3 is 3.05 bits per heavy atom. The lowest BCUT2D eigenvalue weighted by molar-refractivity contribution is 0.0684. The van der Waals surface area contributed by atoms with Crippen LogP contribution in [0.2, 0.25) is 0 Å². The van der Waals surface area contributed by atoms with Gasteiger partial charge in [-0.2, -0.15) is 0 Å². The van der Waals surface area contributed by atoms with Crippen LogP contribution in [0.25, 0.3) is 0 Å². The van der Waals surface area contributed by atoms with E-state index in [2.05, 4.69) is 29.2 Å². The molecule has 1 N–H and O–H groups in total. The maximum atomic E-state index is 11.3. The quantitative estimate of drug-likeness (QED) is 0.932. The fourth-order valence-corrected chi connectivity index (χ4v) is 3.13. The summed E-state index contributed by atoms with van der Waals surface area (Å²) in [5.74, 6) is 0.242. The third-order valence-corrected chi connectivity index (χ3v) is 4.17. The number of carboxylic acid groups (broad SMARTS) is 1. The van der Waals surface area contributed by atoms with E-state index in [4.69, 9.17) is 0 Å². The van der Waals surface area contributed by atoms with Crippen LogP contribution in [-0.4, -0.2) is 20.6 Å². The normalized spacial score (nSPS) is 17.8. The monoisotopic (exact) mass is 270 g/mol. The van der Waals surface area contributed by atoms with E-state index in [1.54, 1.807) is 0 Å². The van der Waals surface area contributed by atoms with Crippen molar-refractivity contribution < 1.29 is 9.90 Å². The molecule has 0 radical (unpaired) electrons. The van der Waals surface area contributed by atoms with Crippen molar-refractivity contribution in [3.8, 4) is 0 Å². The molecule has 1 aromatic carbocycles. The molecule has 20 heavy (non-hydrogen) atoms. The maximum Gasteiger partial charge on any atom is 0.354 e. The number of benzene rings is 1. The summed E-state index contributed by atoms with van der Waals surface area (Å²) in [6.07, 6.45) is 4.85. The first kappa shape index (κ1) is 12.9. The summed E-state index contributed by atoms with van der Waals surface area (Å²) in [4.78, 5) is 15.4. The van der Waals surface area contributed by atoms with Gasteiger partial charge in [-0.3, -0.25) is 0 Å². The third kappa shape index (κ3) is 2.22. The van der Waals surface area contributed by atoms with Gasteiger partial charge in [0.25, 0.3) is 0 Å². The van der Waals surface area contributed by atoms with Crippen LogP contribution in [0.5, 0.6) is 0 Å². The first-order chi connectivity index (χ1) is 9.66. The van der Waals surface area contributed by atoms with Gasteiger partial charge in [0.2, 0.25) is 0 Å². The third-order valence-electron chi connectivity index (χ3n) is 4.17. The van der Waals surface area contributed by atoms with Gasteiger partial charge in [0.15, 0.2) is 0 Å². The average Bonchev–Trinajstić information content (AvgIpc) is 2.81. The van der Waals surface area contributed by atoms with E-state index in [1.165, 1.54) is 17.3 Å². The van der Waals surface area contributed by atoms with Gasteiger partial charge in [-0.25, -0.2) is 9.78 Å². The van der Waals surface area contributed by atoms with E-state index in [1.807, 2.05) is 11.5 Å². The Bertz CT molecular complexity index is 646. The number of aryl methyl sites for hydroxylation is 2. The minimum absolute atomic E-state index is 0.283. The molecule has 0 fully saturated rings. The Labute approximate surface area is 118 Å².